The number of hydrogen-bond acceptors (Lipinski definition) is 3. The maximum Gasteiger partial charge on any atom is 0.314 e. The third-order valence-corrected chi connectivity index (χ3v) is 3.84. The van der Waals surface area contributed by atoms with Crippen LogP contribution in [0.2, 0.25) is 0 Å². The Hall–Kier alpha value is -2.62. The van der Waals surface area contributed by atoms with Gasteiger partial charge in [0.25, 0.3) is 0 Å². The summed E-state index contributed by atoms with van der Waals surface area (Å²) in [7, 11) is 0. The average molecular weight is 340 g/mol. The lowest BCUT2D eigenvalue weighted by Gasteiger charge is -2.29. The monoisotopic (exact) mass is 340 g/mol. The predicted octanol–water partition coefficient (Wildman–Crippen LogP) is 4.37. The molecule has 0 bridgehead atoms. The van der Waals surface area contributed by atoms with Gasteiger partial charge in [0.05, 0.1) is 12.3 Å². The van der Waals surface area contributed by atoms with Crippen LogP contribution >= 0.6 is 0 Å². The van der Waals surface area contributed by atoms with E-state index >= 15 is 0 Å². The molecule has 4 nitrogen and oxygen atoms in total. The zero-order valence-corrected chi connectivity index (χ0v) is 14.8. The molecule has 0 unspecified atom stereocenters. The number of rotatable bonds is 6. The largest absolute Gasteiger partial charge is 0.481 e. The van der Waals surface area contributed by atoms with Gasteiger partial charge in [-0.1, -0.05) is 60.7 Å². The first-order valence-corrected chi connectivity index (χ1v) is 8.32. The molecule has 0 saturated heterocycles. The fourth-order valence-corrected chi connectivity index (χ4v) is 2.87. The predicted molar refractivity (Wildman–Crippen MR) is 96.5 cm³/mol. The van der Waals surface area contributed by atoms with Crippen molar-refractivity contribution < 1.29 is 19.4 Å². The van der Waals surface area contributed by atoms with Gasteiger partial charge in [0, 0.05) is 5.92 Å². The standard InChI is InChI=1S/C21H24O4/c1-21(2,3)25-20(24)19(16-12-8-5-9-13-16)17(14-18(22)23)15-10-6-4-7-11-15/h4-13,17,19H,14H2,1-3H3,(H,22,23)/t17-,19+/m0/s1. The average Bonchev–Trinajstić information content (AvgIpc) is 2.54. The molecule has 0 saturated carbocycles. The summed E-state index contributed by atoms with van der Waals surface area (Å²) >= 11 is 0. The van der Waals surface area contributed by atoms with Crippen molar-refractivity contribution in [2.75, 3.05) is 0 Å². The van der Waals surface area contributed by atoms with Crippen molar-refractivity contribution in [1.29, 1.82) is 0 Å². The van der Waals surface area contributed by atoms with Gasteiger partial charge >= 0.3 is 11.9 Å². The Bertz CT molecular complexity index is 702. The van der Waals surface area contributed by atoms with Gasteiger partial charge in [0.15, 0.2) is 0 Å². The second kappa shape index (κ2) is 7.97. The first kappa shape index (κ1) is 18.7. The highest BCUT2D eigenvalue weighted by Crippen LogP contribution is 2.37. The molecular formula is C21H24O4. The van der Waals surface area contributed by atoms with E-state index in [-0.39, 0.29) is 6.42 Å². The van der Waals surface area contributed by atoms with Crippen LogP contribution in [0.4, 0.5) is 0 Å². The minimum atomic E-state index is -0.946. The molecule has 25 heavy (non-hydrogen) atoms. The number of hydrogen-bond donors (Lipinski definition) is 1. The number of carboxylic acids is 1. The number of ether oxygens (including phenoxy) is 1. The Morgan fingerprint density at radius 3 is 1.84 bits per heavy atom. The zero-order chi connectivity index (χ0) is 18.4. The maximum absolute atomic E-state index is 12.9. The summed E-state index contributed by atoms with van der Waals surface area (Å²) < 4.78 is 5.61. The van der Waals surface area contributed by atoms with E-state index < -0.39 is 29.4 Å². The van der Waals surface area contributed by atoms with E-state index in [4.69, 9.17) is 4.74 Å². The van der Waals surface area contributed by atoms with Gasteiger partial charge < -0.3 is 9.84 Å². The van der Waals surface area contributed by atoms with Crippen LogP contribution in [0.1, 0.15) is 50.2 Å². The van der Waals surface area contributed by atoms with Crippen molar-refractivity contribution in [3.05, 3.63) is 71.8 Å². The van der Waals surface area contributed by atoms with E-state index in [1.807, 2.05) is 81.4 Å². The molecular weight excluding hydrogens is 316 g/mol. The molecule has 2 rings (SSSR count). The third kappa shape index (κ3) is 5.45. The fourth-order valence-electron chi connectivity index (χ4n) is 2.87. The summed E-state index contributed by atoms with van der Waals surface area (Å²) in [6, 6.07) is 18.5. The topological polar surface area (TPSA) is 63.6 Å². The number of benzene rings is 2. The van der Waals surface area contributed by atoms with Gasteiger partial charge in [-0.2, -0.15) is 0 Å². The van der Waals surface area contributed by atoms with Gasteiger partial charge in [-0.15, -0.1) is 0 Å². The van der Waals surface area contributed by atoms with Crippen LogP contribution in [0.3, 0.4) is 0 Å². The lowest BCUT2D eigenvalue weighted by molar-refractivity contribution is -0.157. The number of aliphatic carboxylic acids is 1. The zero-order valence-electron chi connectivity index (χ0n) is 14.8. The van der Waals surface area contributed by atoms with E-state index in [1.165, 1.54) is 0 Å². The van der Waals surface area contributed by atoms with Crippen LogP contribution in [-0.4, -0.2) is 22.6 Å². The highest BCUT2D eigenvalue weighted by Gasteiger charge is 2.35. The SMILES string of the molecule is CC(C)(C)OC(=O)[C@H](c1ccccc1)[C@@H](CC(=O)O)c1ccccc1. The van der Waals surface area contributed by atoms with E-state index in [0.717, 1.165) is 11.1 Å². The first-order chi connectivity index (χ1) is 11.8. The molecule has 2 aromatic rings. The summed E-state index contributed by atoms with van der Waals surface area (Å²) in [6.07, 6.45) is -0.150. The summed E-state index contributed by atoms with van der Waals surface area (Å²) in [5.41, 5.74) is 0.922. The van der Waals surface area contributed by atoms with E-state index in [2.05, 4.69) is 0 Å². The molecule has 0 amide bonds. The highest BCUT2D eigenvalue weighted by molar-refractivity contribution is 5.81. The van der Waals surface area contributed by atoms with Crippen molar-refractivity contribution in [1.82, 2.24) is 0 Å². The van der Waals surface area contributed by atoms with Crippen LogP contribution in [-0.2, 0) is 14.3 Å². The number of esters is 1. The Balaban J connectivity index is 2.50. The van der Waals surface area contributed by atoms with Crippen molar-refractivity contribution in [3.8, 4) is 0 Å². The molecule has 0 spiro atoms. The molecule has 0 fully saturated rings. The first-order valence-electron chi connectivity index (χ1n) is 8.32. The molecule has 0 aliphatic heterocycles. The number of carboxylic acid groups (broad SMARTS) is 1. The Morgan fingerprint density at radius 1 is 0.920 bits per heavy atom. The van der Waals surface area contributed by atoms with Gasteiger partial charge in [-0.3, -0.25) is 9.59 Å². The normalized spacial score (nSPS) is 13.7. The maximum atomic E-state index is 12.9. The minimum absolute atomic E-state index is 0.150. The Labute approximate surface area is 148 Å². The van der Waals surface area contributed by atoms with Crippen molar-refractivity contribution in [2.45, 2.75) is 44.6 Å². The van der Waals surface area contributed by atoms with Crippen molar-refractivity contribution >= 4 is 11.9 Å². The van der Waals surface area contributed by atoms with Crippen LogP contribution in [0, 0.1) is 0 Å². The molecule has 0 radical (unpaired) electrons. The van der Waals surface area contributed by atoms with Crippen LogP contribution in [0.5, 0.6) is 0 Å². The quantitative estimate of drug-likeness (QED) is 0.793. The lowest BCUT2D eigenvalue weighted by Crippen LogP contribution is -2.31. The summed E-state index contributed by atoms with van der Waals surface area (Å²) in [6.45, 7) is 5.42. The number of carbonyl (C=O) groups is 2. The summed E-state index contributed by atoms with van der Waals surface area (Å²) in [4.78, 5) is 24.4. The lowest BCUT2D eigenvalue weighted by atomic mass is 9.79. The molecule has 132 valence electrons. The van der Waals surface area contributed by atoms with E-state index in [9.17, 15) is 14.7 Å². The van der Waals surface area contributed by atoms with E-state index in [1.54, 1.807) is 0 Å². The van der Waals surface area contributed by atoms with Crippen molar-refractivity contribution in [3.63, 3.8) is 0 Å². The minimum Gasteiger partial charge on any atom is -0.481 e. The van der Waals surface area contributed by atoms with Crippen LogP contribution in [0.15, 0.2) is 60.7 Å². The van der Waals surface area contributed by atoms with Crippen LogP contribution < -0.4 is 0 Å². The van der Waals surface area contributed by atoms with Crippen LogP contribution in [0.25, 0.3) is 0 Å². The smallest absolute Gasteiger partial charge is 0.314 e. The van der Waals surface area contributed by atoms with Gasteiger partial charge in [0.2, 0.25) is 0 Å². The molecule has 0 heterocycles. The summed E-state index contributed by atoms with van der Waals surface area (Å²) in [5.74, 6) is -2.54. The summed E-state index contributed by atoms with van der Waals surface area (Å²) in [5, 5.41) is 9.40. The Morgan fingerprint density at radius 2 is 1.40 bits per heavy atom. The van der Waals surface area contributed by atoms with E-state index in [0.29, 0.717) is 0 Å². The van der Waals surface area contributed by atoms with Crippen molar-refractivity contribution in [2.24, 2.45) is 0 Å². The molecule has 0 aromatic heterocycles. The molecule has 0 aliphatic rings. The van der Waals surface area contributed by atoms with Gasteiger partial charge in [-0.05, 0) is 31.9 Å². The Kier molecular flexibility index (Phi) is 5.97. The molecule has 2 atom stereocenters. The number of carbonyl (C=O) groups excluding carboxylic acids is 1. The molecule has 0 aliphatic carbocycles. The second-order valence-electron chi connectivity index (χ2n) is 7.04. The molecule has 1 N–H and O–H groups in total. The molecule has 4 heteroatoms. The third-order valence-electron chi connectivity index (χ3n) is 3.84. The molecule has 2 aromatic carbocycles. The van der Waals surface area contributed by atoms with Gasteiger partial charge in [0.1, 0.15) is 5.60 Å². The van der Waals surface area contributed by atoms with Gasteiger partial charge in [-0.25, -0.2) is 0 Å². The second-order valence-corrected chi connectivity index (χ2v) is 7.04. The highest BCUT2D eigenvalue weighted by atomic mass is 16.6. The fraction of sp³-hybridized carbons (Fsp3) is 0.333.